The molecule has 0 atom stereocenters. The summed E-state index contributed by atoms with van der Waals surface area (Å²) >= 11 is 6.11. The fourth-order valence-electron chi connectivity index (χ4n) is 2.14. The van der Waals surface area contributed by atoms with Gasteiger partial charge in [0.15, 0.2) is 0 Å². The number of aryl methyl sites for hydroxylation is 1. The summed E-state index contributed by atoms with van der Waals surface area (Å²) in [6.07, 6.45) is 4.71. The zero-order chi connectivity index (χ0) is 14.4. The molecule has 0 amide bonds. The van der Waals surface area contributed by atoms with E-state index in [4.69, 9.17) is 16.3 Å². The van der Waals surface area contributed by atoms with E-state index in [1.54, 1.807) is 7.11 Å². The molecule has 1 N–H and O–H groups in total. The van der Waals surface area contributed by atoms with Crippen molar-refractivity contribution in [1.29, 1.82) is 0 Å². The van der Waals surface area contributed by atoms with Crippen molar-refractivity contribution < 1.29 is 4.74 Å². The number of hydrogen-bond acceptors (Lipinski definition) is 3. The van der Waals surface area contributed by atoms with E-state index >= 15 is 0 Å². The third-order valence-electron chi connectivity index (χ3n) is 3.13. The van der Waals surface area contributed by atoms with Gasteiger partial charge in [-0.2, -0.15) is 0 Å². The average molecular weight is 294 g/mol. The standard InChI is InChI=1S/C15H20ClN3O/c1-3-15-18-6-8-19(15)14-5-4-13(16)10-12(14)11-17-7-9-20-2/h4-6,8,10,17H,3,7,9,11H2,1-2H3. The Labute approximate surface area is 124 Å². The van der Waals surface area contributed by atoms with Gasteiger partial charge in [-0.1, -0.05) is 18.5 Å². The molecule has 0 aliphatic heterocycles. The van der Waals surface area contributed by atoms with Crippen LogP contribution in [0.15, 0.2) is 30.6 Å². The van der Waals surface area contributed by atoms with E-state index in [1.807, 2.05) is 30.6 Å². The molecule has 0 radical (unpaired) electrons. The molecule has 2 rings (SSSR count). The minimum Gasteiger partial charge on any atom is -0.383 e. The third kappa shape index (κ3) is 3.60. The topological polar surface area (TPSA) is 39.1 Å². The van der Waals surface area contributed by atoms with Gasteiger partial charge in [0.2, 0.25) is 0 Å². The molecule has 0 unspecified atom stereocenters. The van der Waals surface area contributed by atoms with Crippen LogP contribution >= 0.6 is 11.6 Å². The normalized spacial score (nSPS) is 10.9. The van der Waals surface area contributed by atoms with Gasteiger partial charge in [0, 0.05) is 44.0 Å². The predicted molar refractivity (Wildman–Crippen MR) is 81.5 cm³/mol. The highest BCUT2D eigenvalue weighted by Gasteiger charge is 2.08. The lowest BCUT2D eigenvalue weighted by Crippen LogP contribution is -2.19. The molecule has 0 fully saturated rings. The maximum Gasteiger partial charge on any atom is 0.112 e. The van der Waals surface area contributed by atoms with Gasteiger partial charge < -0.3 is 14.6 Å². The SMILES string of the molecule is CCc1nccn1-c1ccc(Cl)cc1CNCCOC. The van der Waals surface area contributed by atoms with Crippen molar-refractivity contribution in [2.45, 2.75) is 19.9 Å². The second-order valence-corrected chi connectivity index (χ2v) is 4.95. The monoisotopic (exact) mass is 293 g/mol. The minimum absolute atomic E-state index is 0.696. The molecule has 108 valence electrons. The van der Waals surface area contributed by atoms with E-state index in [9.17, 15) is 0 Å². The fraction of sp³-hybridized carbons (Fsp3) is 0.400. The maximum absolute atomic E-state index is 6.11. The van der Waals surface area contributed by atoms with Gasteiger partial charge in [-0.25, -0.2) is 4.98 Å². The van der Waals surface area contributed by atoms with Crippen LogP contribution in [0.4, 0.5) is 0 Å². The van der Waals surface area contributed by atoms with E-state index in [-0.39, 0.29) is 0 Å². The van der Waals surface area contributed by atoms with Crippen molar-refractivity contribution in [3.8, 4) is 5.69 Å². The van der Waals surface area contributed by atoms with E-state index in [2.05, 4.69) is 21.8 Å². The van der Waals surface area contributed by atoms with Gasteiger partial charge in [-0.3, -0.25) is 0 Å². The van der Waals surface area contributed by atoms with Crippen molar-refractivity contribution in [2.75, 3.05) is 20.3 Å². The number of nitrogens with zero attached hydrogens (tertiary/aromatic N) is 2. The van der Waals surface area contributed by atoms with E-state index < -0.39 is 0 Å². The summed E-state index contributed by atoms with van der Waals surface area (Å²) in [6.45, 7) is 4.36. The highest BCUT2D eigenvalue weighted by atomic mass is 35.5. The summed E-state index contributed by atoms with van der Waals surface area (Å²) in [5, 5.41) is 4.10. The molecular weight excluding hydrogens is 274 g/mol. The van der Waals surface area contributed by atoms with Crippen LogP contribution in [0, 0.1) is 0 Å². The summed E-state index contributed by atoms with van der Waals surface area (Å²) < 4.78 is 7.15. The number of hydrogen-bond donors (Lipinski definition) is 1. The Morgan fingerprint density at radius 2 is 2.25 bits per heavy atom. The molecule has 2 aromatic rings. The molecule has 0 bridgehead atoms. The molecule has 20 heavy (non-hydrogen) atoms. The summed E-state index contributed by atoms with van der Waals surface area (Å²) in [7, 11) is 1.70. The Hall–Kier alpha value is -1.36. The first-order valence-electron chi connectivity index (χ1n) is 6.77. The Balaban J connectivity index is 2.24. The first-order valence-corrected chi connectivity index (χ1v) is 7.14. The van der Waals surface area contributed by atoms with Crippen LogP contribution in [0.2, 0.25) is 5.02 Å². The first-order chi connectivity index (χ1) is 9.76. The Kier molecular flexibility index (Phi) is 5.59. The molecule has 5 heteroatoms. The molecule has 0 aliphatic rings. The number of methoxy groups -OCH3 is 1. The largest absolute Gasteiger partial charge is 0.383 e. The van der Waals surface area contributed by atoms with Crippen LogP contribution in [-0.4, -0.2) is 29.8 Å². The van der Waals surface area contributed by atoms with E-state index in [0.717, 1.165) is 41.6 Å². The lowest BCUT2D eigenvalue weighted by atomic mass is 10.1. The van der Waals surface area contributed by atoms with Crippen molar-refractivity contribution in [1.82, 2.24) is 14.9 Å². The zero-order valence-electron chi connectivity index (χ0n) is 11.9. The van der Waals surface area contributed by atoms with Gasteiger partial charge in [-0.15, -0.1) is 0 Å². The molecule has 0 spiro atoms. The van der Waals surface area contributed by atoms with Crippen LogP contribution in [-0.2, 0) is 17.7 Å². The number of imidazole rings is 1. The molecule has 0 saturated carbocycles. The minimum atomic E-state index is 0.696. The van der Waals surface area contributed by atoms with Crippen LogP contribution in [0.25, 0.3) is 5.69 Å². The quantitative estimate of drug-likeness (QED) is 0.798. The van der Waals surface area contributed by atoms with Crippen molar-refractivity contribution in [3.05, 3.63) is 47.0 Å². The molecule has 4 nitrogen and oxygen atoms in total. The summed E-state index contributed by atoms with van der Waals surface area (Å²) in [6, 6.07) is 5.95. The van der Waals surface area contributed by atoms with Gasteiger partial charge in [0.25, 0.3) is 0 Å². The molecule has 0 saturated heterocycles. The predicted octanol–water partition coefficient (Wildman–Crippen LogP) is 2.82. The van der Waals surface area contributed by atoms with Crippen LogP contribution in [0.5, 0.6) is 0 Å². The smallest absolute Gasteiger partial charge is 0.112 e. The number of nitrogens with one attached hydrogen (secondary N) is 1. The van der Waals surface area contributed by atoms with E-state index in [0.29, 0.717) is 6.61 Å². The number of benzene rings is 1. The molecule has 1 heterocycles. The molecule has 1 aromatic carbocycles. The second-order valence-electron chi connectivity index (χ2n) is 4.51. The van der Waals surface area contributed by atoms with Gasteiger partial charge in [0.05, 0.1) is 12.3 Å². The van der Waals surface area contributed by atoms with Crippen LogP contribution in [0.1, 0.15) is 18.3 Å². The lowest BCUT2D eigenvalue weighted by molar-refractivity contribution is 0.199. The van der Waals surface area contributed by atoms with Gasteiger partial charge >= 0.3 is 0 Å². The average Bonchev–Trinajstić information content (AvgIpc) is 2.92. The third-order valence-corrected chi connectivity index (χ3v) is 3.37. The first kappa shape index (κ1) is 15.0. The summed E-state index contributed by atoms with van der Waals surface area (Å²) in [4.78, 5) is 4.37. The Bertz CT molecular complexity index is 554. The van der Waals surface area contributed by atoms with Crippen molar-refractivity contribution >= 4 is 11.6 Å². The number of ether oxygens (including phenoxy) is 1. The van der Waals surface area contributed by atoms with Crippen molar-refractivity contribution in [3.63, 3.8) is 0 Å². The summed E-state index contributed by atoms with van der Waals surface area (Å²) in [5.74, 6) is 1.05. The second kappa shape index (κ2) is 7.43. The summed E-state index contributed by atoms with van der Waals surface area (Å²) in [5.41, 5.74) is 2.27. The van der Waals surface area contributed by atoms with Gasteiger partial charge in [-0.05, 0) is 23.8 Å². The maximum atomic E-state index is 6.11. The Morgan fingerprint density at radius 1 is 1.40 bits per heavy atom. The zero-order valence-corrected chi connectivity index (χ0v) is 12.7. The highest BCUT2D eigenvalue weighted by molar-refractivity contribution is 6.30. The molecular formula is C15H20ClN3O. The highest BCUT2D eigenvalue weighted by Crippen LogP contribution is 2.21. The Morgan fingerprint density at radius 3 is 3.00 bits per heavy atom. The number of rotatable bonds is 7. The van der Waals surface area contributed by atoms with Crippen molar-refractivity contribution in [2.24, 2.45) is 0 Å². The van der Waals surface area contributed by atoms with E-state index in [1.165, 1.54) is 0 Å². The molecule has 1 aromatic heterocycles. The van der Waals surface area contributed by atoms with Crippen LogP contribution in [0.3, 0.4) is 0 Å². The number of halogens is 1. The molecule has 0 aliphatic carbocycles. The van der Waals surface area contributed by atoms with Gasteiger partial charge in [0.1, 0.15) is 5.82 Å². The number of aromatic nitrogens is 2. The van der Waals surface area contributed by atoms with Crippen LogP contribution < -0.4 is 5.32 Å². The lowest BCUT2D eigenvalue weighted by Gasteiger charge is -2.14. The fourth-order valence-corrected chi connectivity index (χ4v) is 2.34.